The molecule has 1 aromatic heterocycles. The molecule has 1 saturated heterocycles. The number of aromatic nitrogens is 1. The lowest BCUT2D eigenvalue weighted by Gasteiger charge is -2.23. The molecule has 0 aliphatic carbocycles. The zero-order valence-corrected chi connectivity index (χ0v) is 10.7. The van der Waals surface area contributed by atoms with Crippen molar-refractivity contribution in [3.63, 3.8) is 0 Å². The highest BCUT2D eigenvalue weighted by molar-refractivity contribution is 7.91. The molecule has 18 heavy (non-hydrogen) atoms. The fourth-order valence-electron chi connectivity index (χ4n) is 2.00. The summed E-state index contributed by atoms with van der Waals surface area (Å²) in [7, 11) is -1.49. The van der Waals surface area contributed by atoms with E-state index in [1.165, 1.54) is 23.4 Å². The molecule has 0 aromatic carbocycles. The average molecular weight is 270 g/mol. The Morgan fingerprint density at radius 3 is 2.83 bits per heavy atom. The maximum Gasteiger partial charge on any atom is 0.257 e. The topological polar surface area (TPSA) is 87.6 Å². The predicted molar refractivity (Wildman–Crippen MR) is 65.1 cm³/mol. The molecule has 98 valence electrons. The van der Waals surface area contributed by atoms with Crippen LogP contribution in [0.3, 0.4) is 0 Å². The molecule has 2 rings (SSSR count). The Hall–Kier alpha value is -1.63. The lowest BCUT2D eigenvalue weighted by Crippen LogP contribution is -2.37. The third-order valence-corrected chi connectivity index (χ3v) is 4.86. The van der Waals surface area contributed by atoms with Gasteiger partial charge in [-0.2, -0.15) is 0 Å². The molecule has 0 radical (unpaired) electrons. The van der Waals surface area contributed by atoms with Gasteiger partial charge in [0, 0.05) is 19.3 Å². The van der Waals surface area contributed by atoms with Crippen molar-refractivity contribution < 1.29 is 18.3 Å². The number of hydrogen-bond acceptors (Lipinski definition) is 5. The Morgan fingerprint density at radius 1 is 1.56 bits per heavy atom. The van der Waals surface area contributed by atoms with Gasteiger partial charge in [0.1, 0.15) is 5.75 Å². The summed E-state index contributed by atoms with van der Waals surface area (Å²) in [6, 6.07) is 1.09. The van der Waals surface area contributed by atoms with E-state index in [4.69, 9.17) is 0 Å². The van der Waals surface area contributed by atoms with Crippen LogP contribution in [0.4, 0.5) is 0 Å². The second kappa shape index (κ2) is 4.56. The van der Waals surface area contributed by atoms with Crippen LogP contribution in [-0.2, 0) is 9.84 Å². The van der Waals surface area contributed by atoms with Gasteiger partial charge in [0.25, 0.3) is 5.91 Å². The second-order valence-corrected chi connectivity index (χ2v) is 6.59. The van der Waals surface area contributed by atoms with Crippen molar-refractivity contribution in [3.05, 3.63) is 24.0 Å². The van der Waals surface area contributed by atoms with Crippen LogP contribution in [0.5, 0.6) is 5.75 Å². The number of amides is 1. The maximum atomic E-state index is 12.1. The van der Waals surface area contributed by atoms with Crippen molar-refractivity contribution in [1.82, 2.24) is 9.88 Å². The van der Waals surface area contributed by atoms with E-state index in [9.17, 15) is 18.3 Å². The fraction of sp³-hybridized carbons (Fsp3) is 0.455. The minimum atomic E-state index is -3.04. The molecule has 1 aliphatic heterocycles. The zero-order valence-electron chi connectivity index (χ0n) is 9.91. The number of carbonyl (C=O) groups is 1. The van der Waals surface area contributed by atoms with Crippen molar-refractivity contribution in [2.24, 2.45) is 0 Å². The van der Waals surface area contributed by atoms with Crippen molar-refractivity contribution >= 4 is 15.7 Å². The molecule has 1 N–H and O–H groups in total. The molecule has 1 amide bonds. The Labute approximate surface area is 105 Å². The van der Waals surface area contributed by atoms with Crippen LogP contribution in [0.2, 0.25) is 0 Å². The van der Waals surface area contributed by atoms with Crippen molar-refractivity contribution in [3.8, 4) is 5.75 Å². The molecule has 1 aromatic rings. The van der Waals surface area contributed by atoms with Crippen LogP contribution in [0.25, 0.3) is 0 Å². The van der Waals surface area contributed by atoms with Gasteiger partial charge in [-0.05, 0) is 12.5 Å². The summed E-state index contributed by atoms with van der Waals surface area (Å²) >= 11 is 0. The first-order valence-corrected chi connectivity index (χ1v) is 7.33. The van der Waals surface area contributed by atoms with Crippen LogP contribution >= 0.6 is 0 Å². The molecule has 0 bridgehead atoms. The first kappa shape index (κ1) is 12.8. The number of carbonyl (C=O) groups excluding carboxylic acids is 1. The van der Waals surface area contributed by atoms with E-state index < -0.39 is 15.7 Å². The SMILES string of the molecule is CN(C(=O)c1ccncc1O)C1CCS(=O)(=O)C1. The van der Waals surface area contributed by atoms with E-state index in [2.05, 4.69) is 4.98 Å². The van der Waals surface area contributed by atoms with Crippen molar-refractivity contribution in [2.45, 2.75) is 12.5 Å². The molecule has 2 heterocycles. The number of pyridine rings is 1. The van der Waals surface area contributed by atoms with E-state index in [1.54, 1.807) is 7.05 Å². The third-order valence-electron chi connectivity index (χ3n) is 3.11. The van der Waals surface area contributed by atoms with E-state index in [0.29, 0.717) is 6.42 Å². The van der Waals surface area contributed by atoms with E-state index in [1.807, 2.05) is 0 Å². The minimum Gasteiger partial charge on any atom is -0.505 e. The van der Waals surface area contributed by atoms with Crippen LogP contribution in [0.1, 0.15) is 16.8 Å². The Morgan fingerprint density at radius 2 is 2.28 bits per heavy atom. The van der Waals surface area contributed by atoms with Gasteiger partial charge in [0.15, 0.2) is 9.84 Å². The summed E-state index contributed by atoms with van der Waals surface area (Å²) in [4.78, 5) is 17.2. The standard InChI is InChI=1S/C11H14N2O4S/c1-13(8-3-5-18(16,17)7-8)11(15)9-2-4-12-6-10(9)14/h2,4,6,8,14H,3,5,7H2,1H3. The highest BCUT2D eigenvalue weighted by atomic mass is 32.2. The summed E-state index contributed by atoms with van der Waals surface area (Å²) in [5.41, 5.74) is 0.136. The quantitative estimate of drug-likeness (QED) is 0.820. The summed E-state index contributed by atoms with van der Waals surface area (Å²) in [5, 5.41) is 9.55. The number of hydrogen-bond donors (Lipinski definition) is 1. The number of sulfone groups is 1. The van der Waals surface area contributed by atoms with E-state index in [0.717, 1.165) is 0 Å². The van der Waals surface area contributed by atoms with Gasteiger partial charge in [0.2, 0.25) is 0 Å². The van der Waals surface area contributed by atoms with Crippen LogP contribution in [-0.4, -0.2) is 53.9 Å². The van der Waals surface area contributed by atoms with E-state index in [-0.39, 0.29) is 28.9 Å². The van der Waals surface area contributed by atoms with Gasteiger partial charge in [-0.15, -0.1) is 0 Å². The molecule has 1 aliphatic rings. The largest absolute Gasteiger partial charge is 0.505 e. The lowest BCUT2D eigenvalue weighted by molar-refractivity contribution is 0.0744. The zero-order chi connectivity index (χ0) is 13.3. The number of nitrogens with zero attached hydrogens (tertiary/aromatic N) is 2. The van der Waals surface area contributed by atoms with Crippen LogP contribution in [0, 0.1) is 0 Å². The minimum absolute atomic E-state index is 0.0128. The predicted octanol–water partition coefficient (Wildman–Crippen LogP) is 0.0463. The summed E-state index contributed by atoms with van der Waals surface area (Å²) in [6.45, 7) is 0. The first-order chi connectivity index (χ1) is 8.41. The van der Waals surface area contributed by atoms with E-state index >= 15 is 0 Å². The molecule has 1 fully saturated rings. The van der Waals surface area contributed by atoms with Gasteiger partial charge in [-0.3, -0.25) is 9.78 Å². The number of aromatic hydroxyl groups is 1. The molecule has 6 nitrogen and oxygen atoms in total. The monoisotopic (exact) mass is 270 g/mol. The van der Waals surface area contributed by atoms with Gasteiger partial charge in [0.05, 0.1) is 23.3 Å². The van der Waals surface area contributed by atoms with Gasteiger partial charge < -0.3 is 10.0 Å². The highest BCUT2D eigenvalue weighted by Gasteiger charge is 2.33. The normalized spacial score (nSPS) is 21.7. The Bertz CT molecular complexity index is 570. The van der Waals surface area contributed by atoms with Gasteiger partial charge in [-0.25, -0.2) is 8.42 Å². The van der Waals surface area contributed by atoms with Gasteiger partial charge >= 0.3 is 0 Å². The molecule has 1 atom stereocenters. The maximum absolute atomic E-state index is 12.1. The lowest BCUT2D eigenvalue weighted by atomic mass is 10.1. The molecular formula is C11H14N2O4S. The van der Waals surface area contributed by atoms with Gasteiger partial charge in [-0.1, -0.05) is 0 Å². The second-order valence-electron chi connectivity index (χ2n) is 4.37. The average Bonchev–Trinajstić information content (AvgIpc) is 2.68. The molecule has 0 saturated carbocycles. The van der Waals surface area contributed by atoms with Crippen molar-refractivity contribution in [1.29, 1.82) is 0 Å². The molecular weight excluding hydrogens is 256 g/mol. The Balaban J connectivity index is 2.18. The summed E-state index contributed by atoms with van der Waals surface area (Å²) < 4.78 is 22.7. The molecule has 7 heteroatoms. The van der Waals surface area contributed by atoms with Crippen molar-refractivity contribution in [2.75, 3.05) is 18.6 Å². The number of rotatable bonds is 2. The fourth-order valence-corrected chi connectivity index (χ4v) is 3.78. The van der Waals surface area contributed by atoms with Crippen LogP contribution < -0.4 is 0 Å². The smallest absolute Gasteiger partial charge is 0.257 e. The highest BCUT2D eigenvalue weighted by Crippen LogP contribution is 2.21. The first-order valence-electron chi connectivity index (χ1n) is 5.51. The van der Waals surface area contributed by atoms with Crippen LogP contribution in [0.15, 0.2) is 18.5 Å². The molecule has 1 unspecified atom stereocenters. The summed E-state index contributed by atoms with van der Waals surface area (Å²) in [6.07, 6.45) is 3.04. The summed E-state index contributed by atoms with van der Waals surface area (Å²) in [5.74, 6) is -0.495. The molecule has 0 spiro atoms. The Kier molecular flexibility index (Phi) is 3.25. The third kappa shape index (κ3) is 2.45.